The monoisotopic (exact) mass is 199 g/mol. The lowest BCUT2D eigenvalue weighted by Crippen LogP contribution is -2.31. The number of hydrogen-bond donors (Lipinski definition) is 2. The van der Waals surface area contributed by atoms with Crippen molar-refractivity contribution in [3.05, 3.63) is 0 Å². The summed E-state index contributed by atoms with van der Waals surface area (Å²) in [6.45, 7) is 6.19. The molecule has 82 valence electrons. The van der Waals surface area contributed by atoms with Crippen molar-refractivity contribution in [2.24, 2.45) is 17.8 Å². The van der Waals surface area contributed by atoms with Crippen LogP contribution in [0.3, 0.4) is 0 Å². The van der Waals surface area contributed by atoms with Crippen LogP contribution >= 0.6 is 0 Å². The molecular formula is C11H21NO2. The normalized spacial score (nSPS) is 27.1. The summed E-state index contributed by atoms with van der Waals surface area (Å²) >= 11 is 0. The van der Waals surface area contributed by atoms with Gasteiger partial charge in [0.25, 0.3) is 0 Å². The molecule has 1 saturated carbocycles. The van der Waals surface area contributed by atoms with Gasteiger partial charge in [-0.1, -0.05) is 20.3 Å². The van der Waals surface area contributed by atoms with Gasteiger partial charge >= 0.3 is 5.97 Å². The number of carboxylic acids is 1. The quantitative estimate of drug-likeness (QED) is 0.709. The van der Waals surface area contributed by atoms with Crippen molar-refractivity contribution in [2.75, 3.05) is 13.1 Å². The van der Waals surface area contributed by atoms with Crippen LogP contribution in [0.2, 0.25) is 0 Å². The average molecular weight is 199 g/mol. The summed E-state index contributed by atoms with van der Waals surface area (Å²) in [5.74, 6) is 0.277. The van der Waals surface area contributed by atoms with Gasteiger partial charge in [0.05, 0.1) is 5.92 Å². The van der Waals surface area contributed by atoms with Gasteiger partial charge in [-0.15, -0.1) is 0 Å². The first-order chi connectivity index (χ1) is 6.61. The topological polar surface area (TPSA) is 49.3 Å². The van der Waals surface area contributed by atoms with E-state index in [4.69, 9.17) is 5.11 Å². The fourth-order valence-corrected chi connectivity index (χ4v) is 2.16. The van der Waals surface area contributed by atoms with Crippen molar-refractivity contribution in [1.29, 1.82) is 0 Å². The summed E-state index contributed by atoms with van der Waals surface area (Å²) in [5.41, 5.74) is 0. The molecule has 0 heterocycles. The van der Waals surface area contributed by atoms with Crippen molar-refractivity contribution < 1.29 is 9.90 Å². The van der Waals surface area contributed by atoms with Crippen LogP contribution in [-0.4, -0.2) is 24.2 Å². The van der Waals surface area contributed by atoms with E-state index < -0.39 is 5.97 Å². The van der Waals surface area contributed by atoms with Crippen molar-refractivity contribution in [3.8, 4) is 0 Å². The molecular weight excluding hydrogens is 178 g/mol. The second-order valence-corrected chi connectivity index (χ2v) is 4.69. The Morgan fingerprint density at radius 3 is 2.79 bits per heavy atom. The molecule has 14 heavy (non-hydrogen) atoms. The van der Waals surface area contributed by atoms with Crippen LogP contribution in [0.4, 0.5) is 0 Å². The van der Waals surface area contributed by atoms with E-state index in [-0.39, 0.29) is 5.92 Å². The highest BCUT2D eigenvalue weighted by Gasteiger charge is 2.32. The molecule has 0 aromatic heterocycles. The number of carbonyl (C=O) groups is 1. The van der Waals surface area contributed by atoms with E-state index in [0.717, 1.165) is 32.4 Å². The van der Waals surface area contributed by atoms with Gasteiger partial charge in [0.15, 0.2) is 0 Å². The van der Waals surface area contributed by atoms with Gasteiger partial charge in [0.1, 0.15) is 0 Å². The predicted molar refractivity (Wildman–Crippen MR) is 56.2 cm³/mol. The SMILES string of the molecule is CC(C)CNCC1CCCC1C(=O)O. The lowest BCUT2D eigenvalue weighted by atomic mass is 9.96. The molecule has 0 spiro atoms. The fraction of sp³-hybridized carbons (Fsp3) is 0.909. The highest BCUT2D eigenvalue weighted by molar-refractivity contribution is 5.70. The van der Waals surface area contributed by atoms with Crippen LogP contribution in [0, 0.1) is 17.8 Å². The van der Waals surface area contributed by atoms with E-state index in [1.54, 1.807) is 0 Å². The summed E-state index contributed by atoms with van der Waals surface area (Å²) in [6.07, 6.45) is 3.01. The maximum Gasteiger partial charge on any atom is 0.306 e. The summed E-state index contributed by atoms with van der Waals surface area (Å²) in [6, 6.07) is 0. The molecule has 1 rings (SSSR count). The Labute approximate surface area is 85.9 Å². The van der Waals surface area contributed by atoms with Crippen molar-refractivity contribution >= 4 is 5.97 Å². The first kappa shape index (κ1) is 11.5. The van der Waals surface area contributed by atoms with E-state index in [9.17, 15) is 4.79 Å². The zero-order valence-corrected chi connectivity index (χ0v) is 9.12. The molecule has 0 radical (unpaired) electrons. The summed E-state index contributed by atoms with van der Waals surface area (Å²) in [7, 11) is 0. The van der Waals surface area contributed by atoms with E-state index >= 15 is 0 Å². The second kappa shape index (κ2) is 5.35. The molecule has 0 aliphatic heterocycles. The minimum atomic E-state index is -0.612. The Morgan fingerprint density at radius 2 is 2.21 bits per heavy atom. The third-order valence-electron chi connectivity index (χ3n) is 2.94. The van der Waals surface area contributed by atoms with Gasteiger partial charge in [-0.25, -0.2) is 0 Å². The maximum atomic E-state index is 10.9. The molecule has 0 bridgehead atoms. The standard InChI is InChI=1S/C11H21NO2/c1-8(2)6-12-7-9-4-3-5-10(9)11(13)14/h8-10,12H,3-7H2,1-2H3,(H,13,14). The molecule has 3 heteroatoms. The highest BCUT2D eigenvalue weighted by atomic mass is 16.4. The highest BCUT2D eigenvalue weighted by Crippen LogP contribution is 2.31. The molecule has 2 atom stereocenters. The molecule has 1 fully saturated rings. The zero-order valence-electron chi connectivity index (χ0n) is 9.12. The Balaban J connectivity index is 2.26. The maximum absolute atomic E-state index is 10.9. The van der Waals surface area contributed by atoms with Crippen LogP contribution < -0.4 is 5.32 Å². The molecule has 0 saturated heterocycles. The Kier molecular flexibility index (Phi) is 4.39. The van der Waals surface area contributed by atoms with Crippen LogP contribution in [0.25, 0.3) is 0 Å². The molecule has 2 N–H and O–H groups in total. The third-order valence-corrected chi connectivity index (χ3v) is 2.94. The fourth-order valence-electron chi connectivity index (χ4n) is 2.16. The minimum Gasteiger partial charge on any atom is -0.481 e. The van der Waals surface area contributed by atoms with Gasteiger partial charge in [-0.05, 0) is 37.8 Å². The van der Waals surface area contributed by atoms with Crippen LogP contribution in [0.15, 0.2) is 0 Å². The van der Waals surface area contributed by atoms with Crippen LogP contribution in [0.1, 0.15) is 33.1 Å². The molecule has 0 aromatic rings. The van der Waals surface area contributed by atoms with Gasteiger partial charge < -0.3 is 10.4 Å². The van der Waals surface area contributed by atoms with Crippen molar-refractivity contribution in [3.63, 3.8) is 0 Å². The molecule has 1 aliphatic rings. The largest absolute Gasteiger partial charge is 0.481 e. The first-order valence-electron chi connectivity index (χ1n) is 5.54. The molecule has 0 aromatic carbocycles. The number of nitrogens with one attached hydrogen (secondary N) is 1. The minimum absolute atomic E-state index is 0.102. The van der Waals surface area contributed by atoms with Gasteiger partial charge in [0, 0.05) is 0 Å². The molecule has 0 amide bonds. The smallest absolute Gasteiger partial charge is 0.306 e. The Bertz CT molecular complexity index is 192. The van der Waals surface area contributed by atoms with Crippen molar-refractivity contribution in [2.45, 2.75) is 33.1 Å². The Morgan fingerprint density at radius 1 is 1.50 bits per heavy atom. The van der Waals surface area contributed by atoms with E-state index in [1.807, 2.05) is 0 Å². The first-order valence-corrected chi connectivity index (χ1v) is 5.54. The number of aliphatic carboxylic acids is 1. The molecule has 3 nitrogen and oxygen atoms in total. The molecule has 1 aliphatic carbocycles. The van der Waals surface area contributed by atoms with Gasteiger partial charge in [-0.3, -0.25) is 4.79 Å². The Hall–Kier alpha value is -0.570. The van der Waals surface area contributed by atoms with Gasteiger partial charge in [0.2, 0.25) is 0 Å². The molecule has 2 unspecified atom stereocenters. The predicted octanol–water partition coefficient (Wildman–Crippen LogP) is 1.73. The van der Waals surface area contributed by atoms with E-state index in [0.29, 0.717) is 11.8 Å². The zero-order chi connectivity index (χ0) is 10.6. The summed E-state index contributed by atoms with van der Waals surface area (Å²) in [4.78, 5) is 10.9. The lowest BCUT2D eigenvalue weighted by molar-refractivity contribution is -0.142. The van der Waals surface area contributed by atoms with E-state index in [1.165, 1.54) is 0 Å². The lowest BCUT2D eigenvalue weighted by Gasteiger charge is -2.17. The second-order valence-electron chi connectivity index (χ2n) is 4.69. The number of hydrogen-bond acceptors (Lipinski definition) is 2. The van der Waals surface area contributed by atoms with Crippen LogP contribution in [-0.2, 0) is 4.79 Å². The summed E-state index contributed by atoms with van der Waals surface area (Å²) < 4.78 is 0. The van der Waals surface area contributed by atoms with Crippen molar-refractivity contribution in [1.82, 2.24) is 5.32 Å². The number of carboxylic acid groups (broad SMARTS) is 1. The summed E-state index contributed by atoms with van der Waals surface area (Å²) in [5, 5.41) is 12.3. The van der Waals surface area contributed by atoms with E-state index in [2.05, 4.69) is 19.2 Å². The number of rotatable bonds is 5. The third kappa shape index (κ3) is 3.29. The van der Waals surface area contributed by atoms with Crippen LogP contribution in [0.5, 0.6) is 0 Å². The average Bonchev–Trinajstić information content (AvgIpc) is 2.51. The van der Waals surface area contributed by atoms with Gasteiger partial charge in [-0.2, -0.15) is 0 Å².